The number of hydrogen-bond donors (Lipinski definition) is 1. The van der Waals surface area contributed by atoms with Crippen LogP contribution in [0.3, 0.4) is 0 Å². The van der Waals surface area contributed by atoms with Gasteiger partial charge in [-0.15, -0.1) is 0 Å². The van der Waals surface area contributed by atoms with Crippen LogP contribution in [0.2, 0.25) is 5.21 Å². The Balaban J connectivity index is 1.86. The van der Waals surface area contributed by atoms with Crippen molar-refractivity contribution in [1.29, 1.82) is 0 Å². The number of hydrogen-bond acceptors (Lipinski definition) is 3. The van der Waals surface area contributed by atoms with E-state index in [2.05, 4.69) is 29.0 Å². The molecule has 0 aliphatic carbocycles. The van der Waals surface area contributed by atoms with Crippen molar-refractivity contribution in [3.63, 3.8) is 0 Å². The van der Waals surface area contributed by atoms with Gasteiger partial charge in [0.15, 0.2) is 0 Å². The molecule has 0 bridgehead atoms. The van der Waals surface area contributed by atoms with Crippen LogP contribution in [-0.2, 0) is 4.79 Å². The summed E-state index contributed by atoms with van der Waals surface area (Å²) in [4.78, 5) is 16.6. The third-order valence-electron chi connectivity index (χ3n) is 5.36. The minimum absolute atomic E-state index is 0.0501. The lowest BCUT2D eigenvalue weighted by molar-refractivity contribution is -0.125. The van der Waals surface area contributed by atoms with Gasteiger partial charge in [0.1, 0.15) is 0 Å². The molecule has 1 atom stereocenters. The lowest BCUT2D eigenvalue weighted by Gasteiger charge is -2.52. The van der Waals surface area contributed by atoms with E-state index in [1.54, 1.807) is 0 Å². The second kappa shape index (κ2) is 7.60. The van der Waals surface area contributed by atoms with Crippen LogP contribution in [0.1, 0.15) is 47.0 Å². The third kappa shape index (κ3) is 4.76. The summed E-state index contributed by atoms with van der Waals surface area (Å²) < 4.78 is 0. The zero-order chi connectivity index (χ0) is 17.2. The number of piperidine rings is 2. The Bertz CT molecular complexity index is 407. The minimum atomic E-state index is -0.656. The number of amides is 1. The standard InChI is InChI=1S/C17H31B2N3O/c1-12(2)16(23)20-14-5-8-21(9-6-14)15-7-10-22(13(3)4)11-17(15,18)19/h12-15H,5-11H2,1-4H3,(H,20,23). The zero-order valence-corrected chi connectivity index (χ0v) is 15.2. The van der Waals surface area contributed by atoms with E-state index in [0.29, 0.717) is 12.1 Å². The van der Waals surface area contributed by atoms with Crippen LogP contribution in [0.15, 0.2) is 0 Å². The number of likely N-dealkylation sites (tertiary alicyclic amines) is 2. The molecule has 1 N–H and O–H groups in total. The second-order valence-electron chi connectivity index (χ2n) is 7.95. The molecular formula is C17H31B2N3O. The molecule has 0 aromatic rings. The van der Waals surface area contributed by atoms with E-state index in [4.69, 9.17) is 15.7 Å². The van der Waals surface area contributed by atoms with Crippen LogP contribution in [-0.4, -0.2) is 75.7 Å². The fourth-order valence-corrected chi connectivity index (χ4v) is 3.78. The first-order chi connectivity index (χ1) is 10.7. The van der Waals surface area contributed by atoms with Crippen molar-refractivity contribution in [3.05, 3.63) is 0 Å². The quantitative estimate of drug-likeness (QED) is 0.791. The van der Waals surface area contributed by atoms with Crippen molar-refractivity contribution in [2.75, 3.05) is 26.2 Å². The van der Waals surface area contributed by atoms with Crippen molar-refractivity contribution in [2.24, 2.45) is 5.92 Å². The van der Waals surface area contributed by atoms with E-state index >= 15 is 0 Å². The number of carbonyl (C=O) groups is 1. The predicted molar refractivity (Wildman–Crippen MR) is 96.9 cm³/mol. The molecule has 2 aliphatic rings. The maximum atomic E-state index is 11.8. The monoisotopic (exact) mass is 315 g/mol. The SMILES string of the molecule is [B]C1([B])CN(C(C)C)CCC1N1CCC(NC(=O)C(C)C)CC1. The van der Waals surface area contributed by atoms with Gasteiger partial charge in [0, 0.05) is 37.1 Å². The Morgan fingerprint density at radius 1 is 1.09 bits per heavy atom. The van der Waals surface area contributed by atoms with Crippen LogP contribution >= 0.6 is 0 Å². The van der Waals surface area contributed by atoms with Crippen molar-refractivity contribution in [2.45, 2.75) is 70.3 Å². The molecule has 2 rings (SSSR count). The largest absolute Gasteiger partial charge is 0.353 e. The Morgan fingerprint density at radius 2 is 1.70 bits per heavy atom. The number of rotatable bonds is 4. The van der Waals surface area contributed by atoms with E-state index in [-0.39, 0.29) is 17.9 Å². The number of nitrogens with zero attached hydrogens (tertiary/aromatic N) is 2. The summed E-state index contributed by atoms with van der Waals surface area (Å²) in [5, 5.41) is 2.49. The minimum Gasteiger partial charge on any atom is -0.353 e. The van der Waals surface area contributed by atoms with Gasteiger partial charge in [0.2, 0.25) is 5.91 Å². The number of nitrogens with one attached hydrogen (secondary N) is 1. The Kier molecular flexibility index (Phi) is 6.23. The van der Waals surface area contributed by atoms with Crippen molar-refractivity contribution >= 4 is 21.6 Å². The van der Waals surface area contributed by atoms with Crippen molar-refractivity contribution in [3.8, 4) is 0 Å². The molecule has 2 heterocycles. The van der Waals surface area contributed by atoms with Gasteiger partial charge in [-0.25, -0.2) is 0 Å². The van der Waals surface area contributed by atoms with Crippen molar-refractivity contribution < 1.29 is 4.79 Å². The summed E-state index contributed by atoms with van der Waals surface area (Å²) in [5.74, 6) is 0.204. The van der Waals surface area contributed by atoms with Crippen LogP contribution in [0, 0.1) is 5.92 Å². The van der Waals surface area contributed by atoms with Crippen LogP contribution in [0.5, 0.6) is 0 Å². The molecule has 0 aromatic heterocycles. The molecule has 126 valence electrons. The molecule has 2 fully saturated rings. The average Bonchev–Trinajstić information content (AvgIpc) is 2.47. The summed E-state index contributed by atoms with van der Waals surface area (Å²) in [6, 6.07) is 1.01. The fraction of sp³-hybridized carbons (Fsp3) is 0.941. The molecule has 6 heteroatoms. The highest BCUT2D eigenvalue weighted by molar-refractivity contribution is 6.40. The van der Waals surface area contributed by atoms with Gasteiger partial charge in [-0.2, -0.15) is 0 Å². The molecule has 0 spiro atoms. The first kappa shape index (κ1) is 18.9. The predicted octanol–water partition coefficient (Wildman–Crippen LogP) is 1.16. The smallest absolute Gasteiger partial charge is 0.222 e. The molecule has 0 saturated carbocycles. The maximum Gasteiger partial charge on any atom is 0.222 e. The van der Waals surface area contributed by atoms with E-state index in [1.165, 1.54) is 0 Å². The molecule has 2 saturated heterocycles. The van der Waals surface area contributed by atoms with Gasteiger partial charge >= 0.3 is 0 Å². The Hall–Kier alpha value is -0.480. The Morgan fingerprint density at radius 3 is 2.17 bits per heavy atom. The normalized spacial score (nSPS) is 27.5. The molecule has 1 amide bonds. The Labute approximate surface area is 144 Å². The van der Waals surface area contributed by atoms with Gasteiger partial charge in [-0.1, -0.05) is 19.1 Å². The first-order valence-corrected chi connectivity index (χ1v) is 9.07. The van der Waals surface area contributed by atoms with Gasteiger partial charge in [0.05, 0.1) is 15.7 Å². The highest BCUT2D eigenvalue weighted by Gasteiger charge is 2.39. The van der Waals surface area contributed by atoms with Crippen molar-refractivity contribution in [1.82, 2.24) is 15.1 Å². The molecule has 2 aliphatic heterocycles. The lowest BCUT2D eigenvalue weighted by Crippen LogP contribution is -2.58. The highest BCUT2D eigenvalue weighted by Crippen LogP contribution is 2.36. The molecule has 23 heavy (non-hydrogen) atoms. The van der Waals surface area contributed by atoms with Crippen LogP contribution < -0.4 is 5.32 Å². The van der Waals surface area contributed by atoms with Gasteiger partial charge in [-0.05, 0) is 46.2 Å². The van der Waals surface area contributed by atoms with E-state index in [9.17, 15) is 4.79 Å². The molecule has 1 unspecified atom stereocenters. The van der Waals surface area contributed by atoms with E-state index in [1.807, 2.05) is 13.8 Å². The molecule has 0 aromatic carbocycles. The maximum absolute atomic E-state index is 11.8. The second-order valence-corrected chi connectivity index (χ2v) is 7.95. The molecular weight excluding hydrogens is 284 g/mol. The molecule has 4 radical (unpaired) electrons. The molecule has 4 nitrogen and oxygen atoms in total. The summed E-state index contributed by atoms with van der Waals surface area (Å²) in [6.07, 6.45) is 2.99. The zero-order valence-electron chi connectivity index (χ0n) is 15.2. The van der Waals surface area contributed by atoms with E-state index in [0.717, 1.165) is 45.4 Å². The average molecular weight is 315 g/mol. The lowest BCUT2D eigenvalue weighted by atomic mass is 9.48. The highest BCUT2D eigenvalue weighted by atomic mass is 16.1. The van der Waals surface area contributed by atoms with Gasteiger partial charge in [-0.3, -0.25) is 4.79 Å². The van der Waals surface area contributed by atoms with Crippen LogP contribution in [0.25, 0.3) is 0 Å². The van der Waals surface area contributed by atoms with Gasteiger partial charge < -0.3 is 15.1 Å². The first-order valence-electron chi connectivity index (χ1n) is 9.07. The third-order valence-corrected chi connectivity index (χ3v) is 5.36. The fourth-order valence-electron chi connectivity index (χ4n) is 3.78. The summed E-state index contributed by atoms with van der Waals surface area (Å²) in [6.45, 7) is 12.0. The summed E-state index contributed by atoms with van der Waals surface area (Å²) in [7, 11) is 12.9. The van der Waals surface area contributed by atoms with E-state index < -0.39 is 5.21 Å². The van der Waals surface area contributed by atoms with Crippen LogP contribution in [0.4, 0.5) is 0 Å². The summed E-state index contributed by atoms with van der Waals surface area (Å²) >= 11 is 0. The summed E-state index contributed by atoms with van der Waals surface area (Å²) in [5.41, 5.74) is 0. The number of carbonyl (C=O) groups excluding carboxylic acids is 1. The topological polar surface area (TPSA) is 35.6 Å². The van der Waals surface area contributed by atoms with Gasteiger partial charge in [0.25, 0.3) is 0 Å².